The number of nitrogens with zero attached hydrogens (tertiary/aromatic N) is 1. The van der Waals surface area contributed by atoms with Crippen molar-refractivity contribution < 1.29 is 4.74 Å². The molecule has 0 aliphatic heterocycles. The number of aryl methyl sites for hydroxylation is 2. The highest BCUT2D eigenvalue weighted by molar-refractivity contribution is 5.71. The fourth-order valence-electron chi connectivity index (χ4n) is 1.73. The molecule has 1 heterocycles. The van der Waals surface area contributed by atoms with Gasteiger partial charge in [-0.2, -0.15) is 0 Å². The second-order valence-corrected chi connectivity index (χ2v) is 4.26. The molecule has 2 rings (SSSR count). The first-order valence-corrected chi connectivity index (χ1v) is 5.74. The van der Waals surface area contributed by atoms with Gasteiger partial charge in [-0.25, -0.2) is 4.98 Å². The largest absolute Gasteiger partial charge is 0.497 e. The second-order valence-electron chi connectivity index (χ2n) is 4.26. The summed E-state index contributed by atoms with van der Waals surface area (Å²) in [5.41, 5.74) is 9.67. The molecule has 1 aromatic carbocycles. The lowest BCUT2D eigenvalue weighted by molar-refractivity contribution is 0.414. The van der Waals surface area contributed by atoms with Gasteiger partial charge in [-0.15, -0.1) is 0 Å². The van der Waals surface area contributed by atoms with Crippen LogP contribution in [0, 0.1) is 13.8 Å². The highest BCUT2D eigenvalue weighted by Crippen LogP contribution is 2.26. The third-order valence-electron chi connectivity index (χ3n) is 2.74. The molecule has 0 aliphatic rings. The third-order valence-corrected chi connectivity index (χ3v) is 2.74. The van der Waals surface area contributed by atoms with Crippen LogP contribution < -0.4 is 15.8 Å². The predicted octanol–water partition coefficient (Wildman–Crippen LogP) is 3.03. The minimum atomic E-state index is 0.644. The molecular weight excluding hydrogens is 226 g/mol. The van der Waals surface area contributed by atoms with Crippen molar-refractivity contribution in [1.82, 2.24) is 4.98 Å². The molecule has 18 heavy (non-hydrogen) atoms. The second kappa shape index (κ2) is 4.96. The van der Waals surface area contributed by atoms with Crippen LogP contribution in [0.1, 0.15) is 11.1 Å². The highest BCUT2D eigenvalue weighted by Gasteiger charge is 2.04. The maximum Gasteiger partial charge on any atom is 0.153 e. The van der Waals surface area contributed by atoms with Crippen LogP contribution in [0.2, 0.25) is 0 Å². The van der Waals surface area contributed by atoms with Gasteiger partial charge in [0.05, 0.1) is 12.8 Å². The van der Waals surface area contributed by atoms with Crippen molar-refractivity contribution in [3.05, 3.63) is 41.6 Å². The fraction of sp³-hybridized carbons (Fsp3) is 0.214. The lowest BCUT2D eigenvalue weighted by Crippen LogP contribution is -2.01. The van der Waals surface area contributed by atoms with Crippen LogP contribution in [0.25, 0.3) is 0 Å². The molecule has 1 aromatic heterocycles. The maximum atomic E-state index is 5.93. The lowest BCUT2D eigenvalue weighted by Gasteiger charge is -2.12. The van der Waals surface area contributed by atoms with Crippen molar-refractivity contribution in [3.63, 3.8) is 0 Å². The number of hydrogen-bond donors (Lipinski definition) is 2. The monoisotopic (exact) mass is 243 g/mol. The number of pyridine rings is 1. The number of methoxy groups -OCH3 is 1. The first-order chi connectivity index (χ1) is 8.60. The van der Waals surface area contributed by atoms with Crippen LogP contribution in [0.3, 0.4) is 0 Å². The van der Waals surface area contributed by atoms with Crippen molar-refractivity contribution >= 4 is 17.2 Å². The molecule has 2 aromatic rings. The van der Waals surface area contributed by atoms with E-state index in [1.165, 1.54) is 0 Å². The van der Waals surface area contributed by atoms with Gasteiger partial charge in [0, 0.05) is 11.9 Å². The van der Waals surface area contributed by atoms with E-state index in [1.54, 1.807) is 13.3 Å². The van der Waals surface area contributed by atoms with Gasteiger partial charge in [-0.1, -0.05) is 0 Å². The van der Waals surface area contributed by atoms with Gasteiger partial charge < -0.3 is 15.8 Å². The Morgan fingerprint density at radius 3 is 2.61 bits per heavy atom. The van der Waals surface area contributed by atoms with Crippen molar-refractivity contribution in [2.24, 2.45) is 0 Å². The standard InChI is InChI=1S/C14H17N3O/c1-9-6-12(15)14(16-8-9)17-13-5-4-11(18-3)7-10(13)2/h4-8H,15H2,1-3H3,(H,16,17). The molecule has 0 bridgehead atoms. The molecular formula is C14H17N3O. The van der Waals surface area contributed by atoms with Crippen LogP contribution in [0.4, 0.5) is 17.2 Å². The van der Waals surface area contributed by atoms with Crippen LogP contribution in [0.5, 0.6) is 5.75 Å². The summed E-state index contributed by atoms with van der Waals surface area (Å²) >= 11 is 0. The van der Waals surface area contributed by atoms with E-state index in [0.29, 0.717) is 11.5 Å². The number of hydrogen-bond acceptors (Lipinski definition) is 4. The topological polar surface area (TPSA) is 60.2 Å². The van der Waals surface area contributed by atoms with E-state index in [9.17, 15) is 0 Å². The fourth-order valence-corrected chi connectivity index (χ4v) is 1.73. The van der Waals surface area contributed by atoms with E-state index in [1.807, 2.05) is 38.1 Å². The number of nitrogen functional groups attached to an aromatic ring is 1. The van der Waals surface area contributed by atoms with E-state index in [2.05, 4.69) is 10.3 Å². The molecule has 94 valence electrons. The SMILES string of the molecule is COc1ccc(Nc2ncc(C)cc2N)c(C)c1. The number of rotatable bonds is 3. The summed E-state index contributed by atoms with van der Waals surface area (Å²) in [6, 6.07) is 7.72. The summed E-state index contributed by atoms with van der Waals surface area (Å²) in [5.74, 6) is 1.51. The highest BCUT2D eigenvalue weighted by atomic mass is 16.5. The number of ether oxygens (including phenoxy) is 1. The van der Waals surface area contributed by atoms with Gasteiger partial charge in [0.25, 0.3) is 0 Å². The molecule has 0 saturated carbocycles. The van der Waals surface area contributed by atoms with Gasteiger partial charge >= 0.3 is 0 Å². The number of aromatic nitrogens is 1. The van der Waals surface area contributed by atoms with Crippen LogP contribution in [-0.2, 0) is 0 Å². The summed E-state index contributed by atoms with van der Waals surface area (Å²) in [4.78, 5) is 4.29. The summed E-state index contributed by atoms with van der Waals surface area (Å²) in [7, 11) is 1.65. The van der Waals surface area contributed by atoms with E-state index in [4.69, 9.17) is 10.5 Å². The summed E-state index contributed by atoms with van der Waals surface area (Å²) in [6.45, 7) is 3.97. The molecule has 0 unspecified atom stereocenters. The summed E-state index contributed by atoms with van der Waals surface area (Å²) in [5, 5.41) is 3.23. The molecule has 0 saturated heterocycles. The Kier molecular flexibility index (Phi) is 3.37. The quantitative estimate of drug-likeness (QED) is 0.869. The Morgan fingerprint density at radius 2 is 2.00 bits per heavy atom. The average Bonchev–Trinajstić information content (AvgIpc) is 2.34. The van der Waals surface area contributed by atoms with E-state index < -0.39 is 0 Å². The minimum Gasteiger partial charge on any atom is -0.497 e. The zero-order valence-electron chi connectivity index (χ0n) is 10.8. The maximum absolute atomic E-state index is 5.93. The summed E-state index contributed by atoms with van der Waals surface area (Å²) < 4.78 is 5.17. The first-order valence-electron chi connectivity index (χ1n) is 5.74. The first kappa shape index (κ1) is 12.2. The molecule has 4 heteroatoms. The Balaban J connectivity index is 2.28. The van der Waals surface area contributed by atoms with Crippen LogP contribution >= 0.6 is 0 Å². The zero-order chi connectivity index (χ0) is 13.1. The molecule has 0 aliphatic carbocycles. The number of nitrogens with one attached hydrogen (secondary N) is 1. The van der Waals surface area contributed by atoms with E-state index in [0.717, 1.165) is 22.6 Å². The van der Waals surface area contributed by atoms with Gasteiger partial charge in [0.15, 0.2) is 5.82 Å². The number of anilines is 3. The zero-order valence-corrected chi connectivity index (χ0v) is 10.8. The van der Waals surface area contributed by atoms with Gasteiger partial charge in [-0.05, 0) is 49.2 Å². The van der Waals surface area contributed by atoms with Crippen molar-refractivity contribution in [2.75, 3.05) is 18.2 Å². The molecule has 0 amide bonds. The molecule has 4 nitrogen and oxygen atoms in total. The number of nitrogens with two attached hydrogens (primary N) is 1. The Bertz CT molecular complexity index is 567. The Hall–Kier alpha value is -2.23. The van der Waals surface area contributed by atoms with E-state index in [-0.39, 0.29) is 0 Å². The molecule has 0 atom stereocenters. The van der Waals surface area contributed by atoms with E-state index >= 15 is 0 Å². The Morgan fingerprint density at radius 1 is 1.22 bits per heavy atom. The predicted molar refractivity (Wildman–Crippen MR) is 74.4 cm³/mol. The molecule has 0 radical (unpaired) electrons. The minimum absolute atomic E-state index is 0.644. The smallest absolute Gasteiger partial charge is 0.153 e. The molecule has 0 spiro atoms. The lowest BCUT2D eigenvalue weighted by atomic mass is 10.2. The van der Waals surface area contributed by atoms with Crippen molar-refractivity contribution in [2.45, 2.75) is 13.8 Å². The van der Waals surface area contributed by atoms with Crippen LogP contribution in [0.15, 0.2) is 30.5 Å². The van der Waals surface area contributed by atoms with Gasteiger partial charge in [0.1, 0.15) is 5.75 Å². The van der Waals surface area contributed by atoms with Gasteiger partial charge in [0.2, 0.25) is 0 Å². The van der Waals surface area contributed by atoms with Crippen molar-refractivity contribution in [1.29, 1.82) is 0 Å². The molecule has 3 N–H and O–H groups in total. The van der Waals surface area contributed by atoms with Gasteiger partial charge in [-0.3, -0.25) is 0 Å². The normalized spacial score (nSPS) is 10.2. The van der Waals surface area contributed by atoms with Crippen molar-refractivity contribution in [3.8, 4) is 5.75 Å². The summed E-state index contributed by atoms with van der Waals surface area (Å²) in [6.07, 6.45) is 1.79. The van der Waals surface area contributed by atoms with Crippen LogP contribution in [-0.4, -0.2) is 12.1 Å². The average molecular weight is 243 g/mol. The molecule has 0 fully saturated rings. The third kappa shape index (κ3) is 2.53. The Labute approximate surface area is 107 Å². The number of benzene rings is 1.